The quantitative estimate of drug-likeness (QED) is 0.659. The van der Waals surface area contributed by atoms with Crippen LogP contribution >= 0.6 is 11.6 Å². The molecule has 2 aromatic carbocycles. The smallest absolute Gasteiger partial charge is 0.256 e. The fourth-order valence-corrected chi connectivity index (χ4v) is 3.76. The van der Waals surface area contributed by atoms with Gasteiger partial charge in [0, 0.05) is 25.8 Å². The molecule has 1 aliphatic rings. The van der Waals surface area contributed by atoms with Crippen LogP contribution in [0.4, 0.5) is 5.82 Å². The summed E-state index contributed by atoms with van der Waals surface area (Å²) < 4.78 is 0. The number of carbonyl (C=O) groups is 2. The number of nitrogens with zero attached hydrogens (tertiary/aromatic N) is 3. The molecule has 0 unspecified atom stereocenters. The summed E-state index contributed by atoms with van der Waals surface area (Å²) in [6, 6.07) is 20.4. The fraction of sp³-hybridized carbons (Fsp3) is 0.208. The number of carbonyl (C=O) groups excluding carboxylic acids is 2. The molecule has 1 N–H and O–H groups in total. The molecule has 2 heterocycles. The number of anilines is 1. The molecular weight excluding hydrogens is 412 g/mol. The maximum Gasteiger partial charge on any atom is 0.256 e. The molecule has 7 heteroatoms. The summed E-state index contributed by atoms with van der Waals surface area (Å²) in [5.41, 5.74) is 2.04. The van der Waals surface area contributed by atoms with Gasteiger partial charge in [0.25, 0.3) is 11.8 Å². The molecular formula is C24H23ClN4O2. The monoisotopic (exact) mass is 434 g/mol. The van der Waals surface area contributed by atoms with Crippen LogP contribution in [0.5, 0.6) is 0 Å². The van der Waals surface area contributed by atoms with Crippen LogP contribution in [0.25, 0.3) is 0 Å². The van der Waals surface area contributed by atoms with E-state index in [-0.39, 0.29) is 11.8 Å². The zero-order chi connectivity index (χ0) is 21.6. The Balaban J connectivity index is 1.38. The minimum atomic E-state index is -0.169. The average molecular weight is 435 g/mol. The molecule has 4 rings (SSSR count). The first-order chi connectivity index (χ1) is 15.1. The van der Waals surface area contributed by atoms with E-state index in [1.165, 1.54) is 0 Å². The van der Waals surface area contributed by atoms with Crippen LogP contribution in [0.15, 0.2) is 72.9 Å². The van der Waals surface area contributed by atoms with Crippen molar-refractivity contribution in [3.05, 3.63) is 94.6 Å². The highest BCUT2D eigenvalue weighted by atomic mass is 35.5. The summed E-state index contributed by atoms with van der Waals surface area (Å²) in [7, 11) is 0. The molecule has 1 saturated heterocycles. The molecule has 1 aromatic heterocycles. The third-order valence-corrected chi connectivity index (χ3v) is 5.55. The van der Waals surface area contributed by atoms with Crippen molar-refractivity contribution in [2.24, 2.45) is 0 Å². The Bertz CT molecular complexity index is 1060. The van der Waals surface area contributed by atoms with Gasteiger partial charge >= 0.3 is 0 Å². The molecule has 0 saturated carbocycles. The van der Waals surface area contributed by atoms with Crippen LogP contribution in [0, 0.1) is 0 Å². The number of rotatable bonds is 5. The lowest BCUT2D eigenvalue weighted by molar-refractivity contribution is 0.0733. The lowest BCUT2D eigenvalue weighted by Gasteiger charge is -2.36. The Morgan fingerprint density at radius 2 is 1.74 bits per heavy atom. The van der Waals surface area contributed by atoms with Gasteiger partial charge in [-0.2, -0.15) is 0 Å². The number of pyridine rings is 1. The maximum absolute atomic E-state index is 12.9. The van der Waals surface area contributed by atoms with Gasteiger partial charge in [0.05, 0.1) is 22.8 Å². The van der Waals surface area contributed by atoms with E-state index in [0.717, 1.165) is 24.3 Å². The Labute approximate surface area is 186 Å². The summed E-state index contributed by atoms with van der Waals surface area (Å²) in [5.74, 6) is 0.473. The van der Waals surface area contributed by atoms with Crippen LogP contribution < -0.4 is 10.2 Å². The van der Waals surface area contributed by atoms with Gasteiger partial charge in [-0.25, -0.2) is 4.98 Å². The number of amides is 2. The molecule has 0 bridgehead atoms. The van der Waals surface area contributed by atoms with Gasteiger partial charge < -0.3 is 15.1 Å². The van der Waals surface area contributed by atoms with Crippen molar-refractivity contribution >= 4 is 29.2 Å². The second-order valence-electron chi connectivity index (χ2n) is 7.38. The summed E-state index contributed by atoms with van der Waals surface area (Å²) in [5, 5.41) is 3.35. The topological polar surface area (TPSA) is 65.5 Å². The van der Waals surface area contributed by atoms with Gasteiger partial charge in [0.1, 0.15) is 5.82 Å². The van der Waals surface area contributed by atoms with Crippen LogP contribution in [0.1, 0.15) is 32.7 Å². The van der Waals surface area contributed by atoms with Crippen molar-refractivity contribution in [3.63, 3.8) is 0 Å². The van der Waals surface area contributed by atoms with Crippen LogP contribution in [0.3, 0.4) is 0 Å². The van der Waals surface area contributed by atoms with E-state index in [0.29, 0.717) is 35.9 Å². The van der Waals surface area contributed by atoms with Crippen molar-refractivity contribution in [2.45, 2.75) is 13.0 Å². The van der Waals surface area contributed by atoms with Gasteiger partial charge in [-0.1, -0.05) is 54.1 Å². The molecule has 2 amide bonds. The molecule has 0 aliphatic carbocycles. The van der Waals surface area contributed by atoms with E-state index in [1.54, 1.807) is 29.3 Å². The second kappa shape index (κ2) is 9.62. The highest BCUT2D eigenvalue weighted by molar-refractivity contribution is 6.33. The third kappa shape index (κ3) is 5.03. The molecule has 31 heavy (non-hydrogen) atoms. The summed E-state index contributed by atoms with van der Waals surface area (Å²) in [6.45, 7) is 2.35. The standard InChI is InChI=1S/C24H23ClN4O2/c25-21-10-5-4-9-20(21)24(31)29-14-6-13-28(17-29)22-12-11-19(16-26-22)23(30)27-15-18-7-2-1-3-8-18/h1-5,7-12,16H,6,13-15,17H2,(H,27,30). The van der Waals surface area contributed by atoms with Crippen LogP contribution in [-0.4, -0.2) is 41.5 Å². The number of hydrogen-bond donors (Lipinski definition) is 1. The average Bonchev–Trinajstić information content (AvgIpc) is 2.83. The largest absolute Gasteiger partial charge is 0.348 e. The lowest BCUT2D eigenvalue weighted by atomic mass is 10.1. The SMILES string of the molecule is O=C(NCc1ccccc1)c1ccc(N2CCCN(C(=O)c3ccccc3Cl)C2)nc1. The number of nitrogens with one attached hydrogen (secondary N) is 1. The van der Waals surface area contributed by atoms with Crippen LogP contribution in [0.2, 0.25) is 5.02 Å². The molecule has 1 aliphatic heterocycles. The van der Waals surface area contributed by atoms with E-state index < -0.39 is 0 Å². The Kier molecular flexibility index (Phi) is 6.48. The van der Waals surface area contributed by atoms with Gasteiger partial charge in [-0.15, -0.1) is 0 Å². The molecule has 6 nitrogen and oxygen atoms in total. The zero-order valence-electron chi connectivity index (χ0n) is 17.0. The molecule has 3 aromatic rings. The van der Waals surface area contributed by atoms with Gasteiger partial charge in [-0.05, 0) is 36.2 Å². The van der Waals surface area contributed by atoms with Crippen molar-refractivity contribution in [1.82, 2.24) is 15.2 Å². The summed E-state index contributed by atoms with van der Waals surface area (Å²) >= 11 is 6.19. The van der Waals surface area contributed by atoms with Gasteiger partial charge in [0.2, 0.25) is 0 Å². The zero-order valence-corrected chi connectivity index (χ0v) is 17.8. The molecule has 0 spiro atoms. The summed E-state index contributed by atoms with van der Waals surface area (Å²) in [6.07, 6.45) is 2.40. The Morgan fingerprint density at radius 1 is 0.968 bits per heavy atom. The minimum absolute atomic E-state index is 0.0905. The predicted molar refractivity (Wildman–Crippen MR) is 121 cm³/mol. The predicted octanol–water partition coefficient (Wildman–Crippen LogP) is 3.98. The van der Waals surface area contributed by atoms with Crippen molar-refractivity contribution in [3.8, 4) is 0 Å². The third-order valence-electron chi connectivity index (χ3n) is 5.22. The highest BCUT2D eigenvalue weighted by Gasteiger charge is 2.25. The van der Waals surface area contributed by atoms with E-state index in [1.807, 2.05) is 53.4 Å². The number of aromatic nitrogens is 1. The van der Waals surface area contributed by atoms with Crippen molar-refractivity contribution < 1.29 is 9.59 Å². The molecule has 0 radical (unpaired) electrons. The first-order valence-electron chi connectivity index (χ1n) is 10.2. The van der Waals surface area contributed by atoms with Crippen molar-refractivity contribution in [1.29, 1.82) is 0 Å². The second-order valence-corrected chi connectivity index (χ2v) is 7.79. The Hall–Kier alpha value is -3.38. The van der Waals surface area contributed by atoms with E-state index in [9.17, 15) is 9.59 Å². The molecule has 1 fully saturated rings. The van der Waals surface area contributed by atoms with E-state index in [2.05, 4.69) is 10.3 Å². The van der Waals surface area contributed by atoms with Gasteiger partial charge in [0.15, 0.2) is 0 Å². The molecule has 0 atom stereocenters. The first kappa shape index (κ1) is 20.9. The molecule has 158 valence electrons. The first-order valence-corrected chi connectivity index (χ1v) is 10.6. The highest BCUT2D eigenvalue weighted by Crippen LogP contribution is 2.21. The number of benzene rings is 2. The summed E-state index contributed by atoms with van der Waals surface area (Å²) in [4.78, 5) is 33.5. The maximum atomic E-state index is 12.9. The normalized spacial score (nSPS) is 13.7. The van der Waals surface area contributed by atoms with E-state index in [4.69, 9.17) is 11.6 Å². The lowest BCUT2D eigenvalue weighted by Crippen LogP contribution is -2.48. The van der Waals surface area contributed by atoms with E-state index >= 15 is 0 Å². The minimum Gasteiger partial charge on any atom is -0.348 e. The van der Waals surface area contributed by atoms with Crippen LogP contribution in [-0.2, 0) is 6.54 Å². The number of hydrogen-bond acceptors (Lipinski definition) is 4. The fourth-order valence-electron chi connectivity index (χ4n) is 3.55. The van der Waals surface area contributed by atoms with Gasteiger partial charge in [-0.3, -0.25) is 9.59 Å². The number of halogens is 1. The Morgan fingerprint density at radius 3 is 2.48 bits per heavy atom. The van der Waals surface area contributed by atoms with Crippen molar-refractivity contribution in [2.75, 3.05) is 24.7 Å².